The summed E-state index contributed by atoms with van der Waals surface area (Å²) in [6, 6.07) is 7.17. The van der Waals surface area contributed by atoms with Crippen LogP contribution in [0.15, 0.2) is 41.7 Å². The molecule has 1 aromatic heterocycles. The Morgan fingerprint density at radius 2 is 2.07 bits per heavy atom. The second kappa shape index (κ2) is 7.32. The van der Waals surface area contributed by atoms with Crippen molar-refractivity contribution in [1.29, 1.82) is 0 Å². The summed E-state index contributed by atoms with van der Waals surface area (Å²) in [5.41, 5.74) is 6.32. The minimum absolute atomic E-state index is 0.00249. The number of nitrogens with zero attached hydrogens (tertiary/aromatic N) is 3. The summed E-state index contributed by atoms with van der Waals surface area (Å²) in [4.78, 5) is 36.9. The van der Waals surface area contributed by atoms with E-state index in [4.69, 9.17) is 17.3 Å². The number of hydrogen-bond donors (Lipinski definition) is 3. The maximum atomic E-state index is 12.3. The first-order valence-corrected chi connectivity index (χ1v) is 8.79. The average molecular weight is 387 g/mol. The highest BCUT2D eigenvalue weighted by Gasteiger charge is 2.43. The van der Waals surface area contributed by atoms with Crippen LogP contribution in [0.25, 0.3) is 0 Å². The number of anilines is 1. The van der Waals surface area contributed by atoms with E-state index in [1.54, 1.807) is 18.2 Å². The molecule has 9 heteroatoms. The molecule has 1 unspecified atom stereocenters. The predicted octanol–water partition coefficient (Wildman–Crippen LogP) is 2.07. The monoisotopic (exact) mass is 386 g/mol. The number of benzene rings is 1. The highest BCUT2D eigenvalue weighted by molar-refractivity contribution is 6.30. The quantitative estimate of drug-likeness (QED) is 0.742. The number of nitrogens with two attached hydrogens (primary N) is 1. The summed E-state index contributed by atoms with van der Waals surface area (Å²) in [6.07, 6.45) is 3.28. The molecule has 140 valence electrons. The van der Waals surface area contributed by atoms with Crippen LogP contribution in [0.3, 0.4) is 0 Å². The van der Waals surface area contributed by atoms with Crippen molar-refractivity contribution in [3.05, 3.63) is 53.1 Å². The summed E-state index contributed by atoms with van der Waals surface area (Å²) in [5, 5.41) is 5.65. The second-order valence-electron chi connectivity index (χ2n) is 6.25. The number of aromatic nitrogens is 2. The lowest BCUT2D eigenvalue weighted by Crippen LogP contribution is -2.53. The van der Waals surface area contributed by atoms with Crippen LogP contribution in [-0.4, -0.2) is 27.7 Å². The van der Waals surface area contributed by atoms with Crippen LogP contribution >= 0.6 is 11.6 Å². The van der Waals surface area contributed by atoms with Crippen molar-refractivity contribution in [2.24, 2.45) is 16.6 Å². The highest BCUT2D eigenvalue weighted by Crippen LogP contribution is 2.40. The Hall–Kier alpha value is -3.00. The van der Waals surface area contributed by atoms with Gasteiger partial charge in [0.2, 0.25) is 11.7 Å². The number of amides is 2. The normalized spacial score (nSPS) is 22.0. The van der Waals surface area contributed by atoms with Crippen molar-refractivity contribution in [2.75, 3.05) is 5.32 Å². The van der Waals surface area contributed by atoms with Gasteiger partial charge >= 0.3 is 0 Å². The van der Waals surface area contributed by atoms with E-state index in [1.165, 1.54) is 12.4 Å². The van der Waals surface area contributed by atoms with Gasteiger partial charge in [0, 0.05) is 18.1 Å². The zero-order valence-electron chi connectivity index (χ0n) is 14.9. The SMILES string of the molecule is CC[C@]1(c2cccc(NC(=O)c3ncc(Cl)cn3)c2)N=C(N)NC(=O)C1C. The second-order valence-corrected chi connectivity index (χ2v) is 6.68. The summed E-state index contributed by atoms with van der Waals surface area (Å²) >= 11 is 5.74. The van der Waals surface area contributed by atoms with E-state index in [2.05, 4.69) is 25.6 Å². The molecule has 2 aromatic rings. The molecular weight excluding hydrogens is 368 g/mol. The van der Waals surface area contributed by atoms with Gasteiger partial charge in [-0.25, -0.2) is 15.0 Å². The van der Waals surface area contributed by atoms with E-state index < -0.39 is 17.4 Å². The molecule has 8 nitrogen and oxygen atoms in total. The minimum Gasteiger partial charge on any atom is -0.370 e. The fourth-order valence-corrected chi connectivity index (χ4v) is 3.28. The molecule has 2 heterocycles. The molecule has 0 aliphatic carbocycles. The molecule has 0 bridgehead atoms. The number of guanidine groups is 1. The fraction of sp³-hybridized carbons (Fsp3) is 0.278. The van der Waals surface area contributed by atoms with Gasteiger partial charge in [-0.05, 0) is 24.1 Å². The molecule has 0 saturated heterocycles. The van der Waals surface area contributed by atoms with Crippen molar-refractivity contribution in [3.63, 3.8) is 0 Å². The zero-order chi connectivity index (χ0) is 19.6. The Morgan fingerprint density at radius 1 is 1.37 bits per heavy atom. The molecule has 2 amide bonds. The van der Waals surface area contributed by atoms with E-state index >= 15 is 0 Å². The van der Waals surface area contributed by atoms with Crippen LogP contribution in [-0.2, 0) is 10.3 Å². The molecule has 1 aromatic carbocycles. The molecular formula is C18H19ClN6O2. The van der Waals surface area contributed by atoms with Crippen molar-refractivity contribution < 1.29 is 9.59 Å². The summed E-state index contributed by atoms with van der Waals surface area (Å²) < 4.78 is 0. The predicted molar refractivity (Wildman–Crippen MR) is 102 cm³/mol. The molecule has 1 aliphatic rings. The number of rotatable bonds is 4. The molecule has 0 saturated carbocycles. The molecule has 1 aliphatic heterocycles. The Kier molecular flexibility index (Phi) is 5.09. The first-order chi connectivity index (χ1) is 12.9. The van der Waals surface area contributed by atoms with E-state index in [0.29, 0.717) is 17.1 Å². The average Bonchev–Trinajstić information content (AvgIpc) is 2.65. The molecule has 0 fully saturated rings. The smallest absolute Gasteiger partial charge is 0.293 e. The number of hydrogen-bond acceptors (Lipinski definition) is 6. The Labute approximate surface area is 161 Å². The first-order valence-electron chi connectivity index (χ1n) is 8.41. The third kappa shape index (κ3) is 3.61. The topological polar surface area (TPSA) is 122 Å². The molecule has 3 rings (SSSR count). The lowest BCUT2D eigenvalue weighted by Gasteiger charge is -2.38. The third-order valence-electron chi connectivity index (χ3n) is 4.66. The summed E-state index contributed by atoms with van der Waals surface area (Å²) in [7, 11) is 0. The molecule has 4 N–H and O–H groups in total. The van der Waals surface area contributed by atoms with Gasteiger partial charge in [-0.3, -0.25) is 14.9 Å². The standard InChI is InChI=1S/C18H19ClN6O2/c1-3-18(10(2)15(26)24-17(20)25-18)11-5-4-6-13(7-11)23-16(27)14-21-8-12(19)9-22-14/h4-10H,3H2,1-2H3,(H,23,27)(H3,20,24,25,26)/t10?,18-/m0/s1. The number of aliphatic imine (C=N–C) groups is 1. The first kappa shape index (κ1) is 18.8. The van der Waals surface area contributed by atoms with Gasteiger partial charge in [0.05, 0.1) is 10.9 Å². The van der Waals surface area contributed by atoms with Gasteiger partial charge in [0.15, 0.2) is 5.96 Å². The van der Waals surface area contributed by atoms with Gasteiger partial charge in [-0.2, -0.15) is 0 Å². The minimum atomic E-state index is -0.802. The zero-order valence-corrected chi connectivity index (χ0v) is 15.6. The van der Waals surface area contributed by atoms with Gasteiger partial charge < -0.3 is 11.1 Å². The van der Waals surface area contributed by atoms with Crippen LogP contribution in [0, 0.1) is 5.92 Å². The van der Waals surface area contributed by atoms with Crippen molar-refractivity contribution in [3.8, 4) is 0 Å². The van der Waals surface area contributed by atoms with Gasteiger partial charge in [-0.15, -0.1) is 0 Å². The summed E-state index contributed by atoms with van der Waals surface area (Å²) in [5.74, 6) is -0.979. The van der Waals surface area contributed by atoms with Crippen LogP contribution < -0.4 is 16.4 Å². The van der Waals surface area contributed by atoms with E-state index in [-0.39, 0.29) is 17.7 Å². The lowest BCUT2D eigenvalue weighted by atomic mass is 9.76. The van der Waals surface area contributed by atoms with E-state index in [9.17, 15) is 9.59 Å². The van der Waals surface area contributed by atoms with Gasteiger partial charge in [0.1, 0.15) is 5.54 Å². The van der Waals surface area contributed by atoms with E-state index in [1.807, 2.05) is 19.9 Å². The van der Waals surface area contributed by atoms with Crippen LogP contribution in [0.4, 0.5) is 5.69 Å². The molecule has 0 radical (unpaired) electrons. The van der Waals surface area contributed by atoms with Crippen LogP contribution in [0.5, 0.6) is 0 Å². The van der Waals surface area contributed by atoms with Crippen molar-refractivity contribution in [2.45, 2.75) is 25.8 Å². The highest BCUT2D eigenvalue weighted by atomic mass is 35.5. The number of halogens is 1. The summed E-state index contributed by atoms with van der Waals surface area (Å²) in [6.45, 7) is 3.75. The Balaban J connectivity index is 1.92. The Bertz CT molecular complexity index is 914. The Morgan fingerprint density at radius 3 is 2.74 bits per heavy atom. The molecule has 0 spiro atoms. The van der Waals surface area contributed by atoms with E-state index in [0.717, 1.165) is 5.56 Å². The van der Waals surface area contributed by atoms with Crippen LogP contribution in [0.2, 0.25) is 5.02 Å². The molecule has 2 atom stereocenters. The molecule has 27 heavy (non-hydrogen) atoms. The van der Waals surface area contributed by atoms with Crippen LogP contribution in [0.1, 0.15) is 36.5 Å². The van der Waals surface area contributed by atoms with Gasteiger partial charge in [-0.1, -0.05) is 37.6 Å². The largest absolute Gasteiger partial charge is 0.370 e. The maximum absolute atomic E-state index is 12.3. The maximum Gasteiger partial charge on any atom is 0.293 e. The van der Waals surface area contributed by atoms with Gasteiger partial charge in [0.25, 0.3) is 5.91 Å². The third-order valence-corrected chi connectivity index (χ3v) is 4.86. The number of carbonyl (C=O) groups is 2. The lowest BCUT2D eigenvalue weighted by molar-refractivity contribution is -0.126. The van der Waals surface area contributed by atoms with Crippen molar-refractivity contribution >= 4 is 35.1 Å². The fourth-order valence-electron chi connectivity index (χ4n) is 3.18. The number of nitrogens with one attached hydrogen (secondary N) is 2. The van der Waals surface area contributed by atoms with Crippen molar-refractivity contribution in [1.82, 2.24) is 15.3 Å². The number of carbonyl (C=O) groups excluding carboxylic acids is 2.